The summed E-state index contributed by atoms with van der Waals surface area (Å²) in [5.74, 6) is 0. The number of likely N-dealkylation sites (tertiary alicyclic amines) is 2. The number of nitrogens with zero attached hydrogens (tertiary/aromatic N) is 5. The molecular weight excluding hydrogens is 568 g/mol. The van der Waals surface area contributed by atoms with Crippen molar-refractivity contribution in [3.63, 3.8) is 0 Å². The molecule has 0 bridgehead atoms. The smallest absolute Gasteiger partial charge is 0.411 e. The summed E-state index contributed by atoms with van der Waals surface area (Å²) in [4.78, 5) is 51.1. The van der Waals surface area contributed by atoms with Gasteiger partial charge in [0.15, 0.2) is 0 Å². The average molecular weight is 617 g/mol. The van der Waals surface area contributed by atoms with Crippen LogP contribution in [0.5, 0.6) is 0 Å². The monoisotopic (exact) mass is 616 g/mol. The van der Waals surface area contributed by atoms with Crippen molar-refractivity contribution in [3.05, 3.63) is 65.2 Å². The molecule has 10 heteroatoms. The minimum atomic E-state index is -0.860. The number of carbonyl (C=O) groups is 3. The Morgan fingerprint density at radius 3 is 2.47 bits per heavy atom. The Kier molecular flexibility index (Phi) is 9.72. The number of piperazine rings is 1. The van der Waals surface area contributed by atoms with Crippen molar-refractivity contribution in [1.82, 2.24) is 24.5 Å². The third kappa shape index (κ3) is 6.88. The number of aldehydes is 1. The Bertz CT molecular complexity index is 1360. The van der Waals surface area contributed by atoms with E-state index in [0.717, 1.165) is 87.2 Å². The number of aryl methyl sites for hydroxylation is 1. The zero-order valence-electron chi connectivity index (χ0n) is 26.8. The van der Waals surface area contributed by atoms with Gasteiger partial charge in [-0.1, -0.05) is 48.0 Å². The van der Waals surface area contributed by atoms with Gasteiger partial charge in [-0.2, -0.15) is 0 Å². The van der Waals surface area contributed by atoms with Gasteiger partial charge >= 0.3 is 12.1 Å². The van der Waals surface area contributed by atoms with Gasteiger partial charge in [-0.3, -0.25) is 14.7 Å². The Hall–Kier alpha value is -3.47. The molecule has 4 heterocycles. The maximum Gasteiger partial charge on any atom is 0.411 e. The van der Waals surface area contributed by atoms with Crippen molar-refractivity contribution in [2.75, 3.05) is 64.7 Å². The number of carbonyl (C=O) groups excluding carboxylic acids is 3. The number of benzene rings is 2. The molecule has 4 aliphatic rings. The van der Waals surface area contributed by atoms with E-state index >= 15 is 0 Å². The SMILES string of the molecule is Cc1cccc(COC(=O)N2CC[C@@H](N3CCc4ccccc4NC3=O)C[C@@]2(CC=O)N2CCC(N3CCN(C)CC3)CC2)c1. The quantitative estimate of drug-likeness (QED) is 0.467. The molecule has 4 aliphatic heterocycles. The zero-order valence-corrected chi connectivity index (χ0v) is 26.8. The van der Waals surface area contributed by atoms with E-state index in [1.54, 1.807) is 0 Å². The standard InChI is InChI=1S/C35H48N6O4/c1-27-6-5-7-28(24-27)26-45-34(44)41-18-13-31(40-17-10-29-8-3-4-9-32(29)36-33(40)43)25-35(41,14-23-42)39-15-11-30(12-16-39)38-21-19-37(2)20-22-38/h3-9,23-24,30-31H,10-22,25-26H2,1-2H3,(H,36,43)/t31-,35+/m1/s1. The molecule has 45 heavy (non-hydrogen) atoms. The number of anilines is 1. The van der Waals surface area contributed by atoms with Crippen LogP contribution in [-0.2, 0) is 22.6 Å². The van der Waals surface area contributed by atoms with Gasteiger partial charge < -0.3 is 24.6 Å². The van der Waals surface area contributed by atoms with Gasteiger partial charge in [0.05, 0.1) is 0 Å². The van der Waals surface area contributed by atoms with Crippen molar-refractivity contribution in [2.45, 2.75) is 69.8 Å². The summed E-state index contributed by atoms with van der Waals surface area (Å²) in [6, 6.07) is 16.2. The molecule has 242 valence electrons. The predicted molar refractivity (Wildman–Crippen MR) is 174 cm³/mol. The first-order valence-electron chi connectivity index (χ1n) is 16.6. The van der Waals surface area contributed by atoms with Crippen molar-refractivity contribution >= 4 is 24.1 Å². The van der Waals surface area contributed by atoms with Gasteiger partial charge in [0.2, 0.25) is 0 Å². The summed E-state index contributed by atoms with van der Waals surface area (Å²) in [6.45, 7) is 9.10. The number of nitrogens with one attached hydrogen (secondary N) is 1. The van der Waals surface area contributed by atoms with Crippen molar-refractivity contribution in [2.24, 2.45) is 0 Å². The fourth-order valence-electron chi connectivity index (χ4n) is 7.96. The van der Waals surface area contributed by atoms with Crippen LogP contribution in [0.25, 0.3) is 0 Å². The molecule has 1 N–H and O–H groups in total. The summed E-state index contributed by atoms with van der Waals surface area (Å²) in [5, 5.41) is 3.12. The lowest BCUT2D eigenvalue weighted by molar-refractivity contribution is -0.128. The van der Waals surface area contributed by atoms with Crippen LogP contribution < -0.4 is 5.32 Å². The molecule has 0 spiro atoms. The first-order valence-corrected chi connectivity index (χ1v) is 16.6. The van der Waals surface area contributed by atoms with E-state index in [1.807, 2.05) is 59.2 Å². The van der Waals surface area contributed by atoms with Crippen LogP contribution in [0.15, 0.2) is 48.5 Å². The molecule has 0 saturated carbocycles. The normalized spacial score (nSPS) is 25.7. The second kappa shape index (κ2) is 13.9. The average Bonchev–Trinajstić information content (AvgIpc) is 3.22. The van der Waals surface area contributed by atoms with E-state index in [2.05, 4.69) is 33.1 Å². The molecule has 0 aliphatic carbocycles. The largest absolute Gasteiger partial charge is 0.445 e. The van der Waals surface area contributed by atoms with Crippen molar-refractivity contribution in [3.8, 4) is 0 Å². The summed E-state index contributed by atoms with van der Waals surface area (Å²) < 4.78 is 5.94. The topological polar surface area (TPSA) is 88.7 Å². The lowest BCUT2D eigenvalue weighted by Gasteiger charge is -2.57. The van der Waals surface area contributed by atoms with Gasteiger partial charge in [-0.05, 0) is 56.8 Å². The highest BCUT2D eigenvalue weighted by Gasteiger charge is 2.52. The van der Waals surface area contributed by atoms with Crippen molar-refractivity contribution in [1.29, 1.82) is 0 Å². The number of rotatable bonds is 7. The first-order chi connectivity index (χ1) is 21.9. The van der Waals surface area contributed by atoms with Crippen LogP contribution in [0.2, 0.25) is 0 Å². The van der Waals surface area contributed by atoms with Crippen LogP contribution in [0, 0.1) is 6.92 Å². The maximum atomic E-state index is 13.9. The molecule has 3 fully saturated rings. The summed E-state index contributed by atoms with van der Waals surface area (Å²) in [5.41, 5.74) is 3.16. The number of likely N-dealkylation sites (N-methyl/N-ethyl adjacent to an activating group) is 1. The van der Waals surface area contributed by atoms with Crippen LogP contribution in [-0.4, -0.2) is 120 Å². The zero-order chi connectivity index (χ0) is 31.4. The van der Waals surface area contributed by atoms with Gasteiger partial charge in [0.1, 0.15) is 18.6 Å². The molecule has 2 aromatic carbocycles. The van der Waals surface area contributed by atoms with E-state index in [4.69, 9.17) is 4.74 Å². The highest BCUT2D eigenvalue weighted by molar-refractivity contribution is 5.91. The van der Waals surface area contributed by atoms with Crippen molar-refractivity contribution < 1.29 is 19.1 Å². The predicted octanol–water partition coefficient (Wildman–Crippen LogP) is 4.18. The summed E-state index contributed by atoms with van der Waals surface area (Å²) in [6.07, 6.45) is 4.60. The molecule has 0 radical (unpaired) electrons. The number of para-hydroxylation sites is 1. The molecule has 10 nitrogen and oxygen atoms in total. The molecule has 0 unspecified atom stereocenters. The number of ether oxygens (including phenoxy) is 1. The maximum absolute atomic E-state index is 13.9. The molecule has 2 aromatic rings. The van der Waals surface area contributed by atoms with E-state index in [-0.39, 0.29) is 25.1 Å². The third-order valence-corrected chi connectivity index (χ3v) is 10.5. The van der Waals surface area contributed by atoms with E-state index in [1.165, 1.54) is 0 Å². The van der Waals surface area contributed by atoms with Crippen LogP contribution in [0.1, 0.15) is 48.8 Å². The highest BCUT2D eigenvalue weighted by Crippen LogP contribution is 2.40. The Labute approximate surface area is 267 Å². The number of hydrogen-bond donors (Lipinski definition) is 1. The lowest BCUT2D eigenvalue weighted by Crippen LogP contribution is -2.70. The van der Waals surface area contributed by atoms with Gasteiger partial charge in [0, 0.05) is 83.0 Å². The van der Waals surface area contributed by atoms with E-state index in [9.17, 15) is 14.4 Å². The second-order valence-electron chi connectivity index (χ2n) is 13.3. The van der Waals surface area contributed by atoms with E-state index < -0.39 is 11.8 Å². The Morgan fingerprint density at radius 1 is 0.956 bits per heavy atom. The Balaban J connectivity index is 1.23. The van der Waals surface area contributed by atoms with Crippen LogP contribution in [0.3, 0.4) is 0 Å². The molecule has 6 rings (SSSR count). The van der Waals surface area contributed by atoms with Gasteiger partial charge in [0.25, 0.3) is 0 Å². The van der Waals surface area contributed by atoms with Crippen LogP contribution >= 0.6 is 0 Å². The molecular formula is C35H48N6O4. The summed E-state index contributed by atoms with van der Waals surface area (Å²) >= 11 is 0. The Morgan fingerprint density at radius 2 is 1.71 bits per heavy atom. The lowest BCUT2D eigenvalue weighted by atomic mass is 9.84. The number of piperidine rings is 2. The van der Waals surface area contributed by atoms with Crippen LogP contribution in [0.4, 0.5) is 15.3 Å². The number of hydrogen-bond acceptors (Lipinski definition) is 7. The molecule has 3 amide bonds. The number of urea groups is 1. The molecule has 3 saturated heterocycles. The summed E-state index contributed by atoms with van der Waals surface area (Å²) in [7, 11) is 2.18. The minimum Gasteiger partial charge on any atom is -0.445 e. The van der Waals surface area contributed by atoms with Gasteiger partial charge in [-0.15, -0.1) is 0 Å². The number of amides is 3. The van der Waals surface area contributed by atoms with E-state index in [0.29, 0.717) is 32.0 Å². The third-order valence-electron chi connectivity index (χ3n) is 10.5. The highest BCUT2D eigenvalue weighted by atomic mass is 16.6. The minimum absolute atomic E-state index is 0.115. The fourth-order valence-corrected chi connectivity index (χ4v) is 7.96. The second-order valence-corrected chi connectivity index (χ2v) is 13.3. The molecule has 2 atom stereocenters. The first kappa shape index (κ1) is 31.5. The number of fused-ring (bicyclic) bond motifs is 1. The fraction of sp³-hybridized carbons (Fsp3) is 0.571. The van der Waals surface area contributed by atoms with Gasteiger partial charge in [-0.25, -0.2) is 9.59 Å². The molecule has 0 aromatic heterocycles.